The van der Waals surface area contributed by atoms with Gasteiger partial charge in [-0.3, -0.25) is 4.79 Å². The Balaban J connectivity index is 1.68. The van der Waals surface area contributed by atoms with Crippen LogP contribution in [0.25, 0.3) is 0 Å². The summed E-state index contributed by atoms with van der Waals surface area (Å²) in [6.45, 7) is 0.880. The number of amides is 1. The third kappa shape index (κ3) is 4.42. The number of rotatable bonds is 6. The van der Waals surface area contributed by atoms with E-state index in [0.29, 0.717) is 5.56 Å². The summed E-state index contributed by atoms with van der Waals surface area (Å²) in [6.07, 6.45) is -4.46. The Kier molecular flexibility index (Phi) is 4.83. The lowest BCUT2D eigenvalue weighted by atomic mass is 9.80. The van der Waals surface area contributed by atoms with E-state index in [2.05, 4.69) is 10.3 Å². The summed E-state index contributed by atoms with van der Waals surface area (Å²) in [5.74, 6) is -4.02. The molecule has 0 bridgehead atoms. The van der Waals surface area contributed by atoms with Gasteiger partial charge in [-0.1, -0.05) is 0 Å². The average molecular weight is 378 g/mol. The van der Waals surface area contributed by atoms with E-state index in [-0.39, 0.29) is 11.8 Å². The molecular formula is C17H19F5N2O2. The molecule has 1 heterocycles. The van der Waals surface area contributed by atoms with Gasteiger partial charge < -0.3 is 10.1 Å². The molecule has 1 amide bonds. The van der Waals surface area contributed by atoms with Crippen LogP contribution in [0.1, 0.15) is 44.2 Å². The Morgan fingerprint density at radius 1 is 1.35 bits per heavy atom. The van der Waals surface area contributed by atoms with E-state index in [1.54, 1.807) is 6.07 Å². The molecule has 1 N–H and O–H groups in total. The molecule has 2 atom stereocenters. The smallest absolute Gasteiger partial charge is 0.425 e. The second kappa shape index (κ2) is 6.66. The van der Waals surface area contributed by atoms with Crippen LogP contribution < -0.4 is 10.1 Å². The molecule has 144 valence electrons. The third-order valence-corrected chi connectivity index (χ3v) is 4.73. The Labute approximate surface area is 147 Å². The number of hydrogen-bond donors (Lipinski definition) is 1. The van der Waals surface area contributed by atoms with E-state index in [1.165, 1.54) is 12.3 Å². The van der Waals surface area contributed by atoms with Crippen LogP contribution in [0.2, 0.25) is 0 Å². The normalized spacial score (nSPS) is 22.2. The van der Waals surface area contributed by atoms with Gasteiger partial charge in [0.1, 0.15) is 0 Å². The molecule has 26 heavy (non-hydrogen) atoms. The van der Waals surface area contributed by atoms with Crippen molar-refractivity contribution < 1.29 is 31.5 Å². The summed E-state index contributed by atoms with van der Waals surface area (Å²) in [5.41, 5.74) is 0.561. The van der Waals surface area contributed by atoms with Gasteiger partial charge in [-0.2, -0.15) is 13.2 Å². The average Bonchev–Trinajstić information content (AvgIpc) is 3.34. The van der Waals surface area contributed by atoms with Gasteiger partial charge in [-0.15, -0.1) is 0 Å². The summed E-state index contributed by atoms with van der Waals surface area (Å²) in [5, 5.41) is 2.77. The predicted molar refractivity (Wildman–Crippen MR) is 81.7 cm³/mol. The zero-order chi connectivity index (χ0) is 19.1. The van der Waals surface area contributed by atoms with Crippen molar-refractivity contribution in [3.8, 4) is 5.88 Å². The Bertz CT molecular complexity index is 667. The predicted octanol–water partition coefficient (Wildman–Crippen LogP) is 4.02. The van der Waals surface area contributed by atoms with Crippen molar-refractivity contribution in [3.05, 3.63) is 23.9 Å². The molecule has 0 saturated heterocycles. The highest BCUT2D eigenvalue weighted by Crippen LogP contribution is 2.45. The highest BCUT2D eigenvalue weighted by molar-refractivity contribution is 5.80. The SMILES string of the molecule is C[C@@H](Oc1cc(C(NC(=O)C2CC(F)(F)C2)C2CC2)ccn1)C(F)(F)F. The van der Waals surface area contributed by atoms with Crippen LogP contribution in [-0.2, 0) is 4.79 Å². The van der Waals surface area contributed by atoms with Crippen LogP contribution in [0.3, 0.4) is 0 Å². The van der Waals surface area contributed by atoms with E-state index >= 15 is 0 Å². The number of nitrogens with zero attached hydrogens (tertiary/aromatic N) is 1. The molecule has 4 nitrogen and oxygen atoms in total. The summed E-state index contributed by atoms with van der Waals surface area (Å²) < 4.78 is 68.6. The molecule has 2 fully saturated rings. The lowest BCUT2D eigenvalue weighted by Gasteiger charge is -2.35. The number of aromatic nitrogens is 1. The van der Waals surface area contributed by atoms with Gasteiger partial charge in [0.05, 0.1) is 6.04 Å². The van der Waals surface area contributed by atoms with Crippen LogP contribution in [0.15, 0.2) is 18.3 Å². The molecule has 0 spiro atoms. The molecule has 0 aromatic carbocycles. The minimum absolute atomic E-state index is 0.134. The van der Waals surface area contributed by atoms with Gasteiger partial charge in [0.2, 0.25) is 17.7 Å². The second-order valence-corrected chi connectivity index (χ2v) is 7.01. The quantitative estimate of drug-likeness (QED) is 0.761. The van der Waals surface area contributed by atoms with E-state index in [0.717, 1.165) is 19.8 Å². The number of carbonyl (C=O) groups is 1. The summed E-state index contributed by atoms with van der Waals surface area (Å²) in [4.78, 5) is 16.0. The third-order valence-electron chi connectivity index (χ3n) is 4.73. The zero-order valence-corrected chi connectivity index (χ0v) is 14.0. The molecule has 1 aromatic heterocycles. The number of ether oxygens (including phenoxy) is 1. The highest BCUT2D eigenvalue weighted by Gasteiger charge is 2.49. The summed E-state index contributed by atoms with van der Waals surface area (Å²) in [7, 11) is 0. The van der Waals surface area contributed by atoms with Crippen molar-refractivity contribution in [3.63, 3.8) is 0 Å². The van der Waals surface area contributed by atoms with Gasteiger partial charge in [0, 0.05) is 31.0 Å². The standard InChI is InChI=1S/C17H19F5N2O2/c1-9(17(20,21)22)26-13-6-11(4-5-23-13)14(10-2-3-10)24-15(25)12-7-16(18,19)8-12/h4-6,9-10,12,14H,2-3,7-8H2,1H3,(H,24,25)/t9-,14?/m1/s1. The molecule has 1 unspecified atom stereocenters. The van der Waals surface area contributed by atoms with Crippen LogP contribution in [0.5, 0.6) is 5.88 Å². The minimum atomic E-state index is -4.52. The van der Waals surface area contributed by atoms with Gasteiger partial charge in [0.25, 0.3) is 0 Å². The molecule has 3 rings (SSSR count). The van der Waals surface area contributed by atoms with Gasteiger partial charge >= 0.3 is 6.18 Å². The first-order chi connectivity index (χ1) is 12.0. The maximum Gasteiger partial charge on any atom is 0.425 e. The lowest BCUT2D eigenvalue weighted by molar-refractivity contribution is -0.190. The maximum absolute atomic E-state index is 13.0. The van der Waals surface area contributed by atoms with E-state index in [9.17, 15) is 26.7 Å². The fraction of sp³-hybridized carbons (Fsp3) is 0.647. The second-order valence-electron chi connectivity index (χ2n) is 7.01. The number of alkyl halides is 5. The van der Waals surface area contributed by atoms with Crippen LogP contribution >= 0.6 is 0 Å². The minimum Gasteiger partial charge on any atom is -0.465 e. The number of halogens is 5. The lowest BCUT2D eigenvalue weighted by Crippen LogP contribution is -2.46. The first-order valence-corrected chi connectivity index (χ1v) is 8.43. The van der Waals surface area contributed by atoms with E-state index in [1.807, 2.05) is 0 Å². The fourth-order valence-corrected chi connectivity index (χ4v) is 2.95. The van der Waals surface area contributed by atoms with Crippen LogP contribution in [0, 0.1) is 11.8 Å². The molecule has 2 saturated carbocycles. The number of hydrogen-bond acceptors (Lipinski definition) is 3. The van der Waals surface area contributed by atoms with Gasteiger partial charge in [-0.05, 0) is 37.3 Å². The maximum atomic E-state index is 13.0. The first kappa shape index (κ1) is 18.8. The Hall–Kier alpha value is -1.93. The monoisotopic (exact) mass is 378 g/mol. The molecule has 1 aromatic rings. The number of pyridine rings is 1. The van der Waals surface area contributed by atoms with Crippen molar-refractivity contribution in [2.45, 2.75) is 56.9 Å². The van der Waals surface area contributed by atoms with E-state index in [4.69, 9.17) is 4.74 Å². The summed E-state index contributed by atoms with van der Waals surface area (Å²) in [6, 6.07) is 2.51. The largest absolute Gasteiger partial charge is 0.465 e. The van der Waals surface area contributed by atoms with Crippen molar-refractivity contribution in [2.24, 2.45) is 11.8 Å². The van der Waals surface area contributed by atoms with Crippen molar-refractivity contribution >= 4 is 5.91 Å². The van der Waals surface area contributed by atoms with Gasteiger partial charge in [-0.25, -0.2) is 13.8 Å². The Morgan fingerprint density at radius 3 is 2.54 bits per heavy atom. The topological polar surface area (TPSA) is 51.2 Å². The number of nitrogens with one attached hydrogen (secondary N) is 1. The highest BCUT2D eigenvalue weighted by atomic mass is 19.4. The molecule has 2 aliphatic rings. The molecule has 2 aliphatic carbocycles. The van der Waals surface area contributed by atoms with Crippen LogP contribution in [-0.4, -0.2) is 29.1 Å². The van der Waals surface area contributed by atoms with E-state index < -0.39 is 48.9 Å². The van der Waals surface area contributed by atoms with Gasteiger partial charge in [0.15, 0.2) is 6.10 Å². The van der Waals surface area contributed by atoms with Crippen LogP contribution in [0.4, 0.5) is 22.0 Å². The Morgan fingerprint density at radius 2 is 2.00 bits per heavy atom. The van der Waals surface area contributed by atoms with Crippen molar-refractivity contribution in [1.29, 1.82) is 0 Å². The molecular weight excluding hydrogens is 359 g/mol. The fourth-order valence-electron chi connectivity index (χ4n) is 2.95. The zero-order valence-electron chi connectivity index (χ0n) is 14.0. The molecule has 9 heteroatoms. The first-order valence-electron chi connectivity index (χ1n) is 8.43. The van der Waals surface area contributed by atoms with Crippen molar-refractivity contribution in [1.82, 2.24) is 10.3 Å². The summed E-state index contributed by atoms with van der Waals surface area (Å²) >= 11 is 0. The molecule has 0 aliphatic heterocycles. The molecule has 0 radical (unpaired) electrons. The van der Waals surface area contributed by atoms with Crippen molar-refractivity contribution in [2.75, 3.05) is 0 Å². The number of carbonyl (C=O) groups excluding carboxylic acids is 1.